The van der Waals surface area contributed by atoms with Gasteiger partial charge < -0.3 is 9.64 Å². The summed E-state index contributed by atoms with van der Waals surface area (Å²) >= 11 is 8.49. The molecule has 0 N–H and O–H groups in total. The van der Waals surface area contributed by atoms with Crippen molar-refractivity contribution in [3.8, 4) is 5.75 Å². The van der Waals surface area contributed by atoms with Crippen molar-refractivity contribution in [1.82, 2.24) is 14.2 Å². The van der Waals surface area contributed by atoms with Gasteiger partial charge >= 0.3 is 0 Å². The Morgan fingerprint density at radius 1 is 1.17 bits per heavy atom. The van der Waals surface area contributed by atoms with Gasteiger partial charge in [-0.1, -0.05) is 22.9 Å². The minimum absolute atomic E-state index is 0.00839. The third kappa shape index (κ3) is 6.20. The van der Waals surface area contributed by atoms with Crippen molar-refractivity contribution >= 4 is 65.6 Å². The Morgan fingerprint density at radius 2 is 1.92 bits per heavy atom. The number of anilines is 1. The highest BCUT2D eigenvalue weighted by molar-refractivity contribution is 7.91. The molecule has 0 bridgehead atoms. The van der Waals surface area contributed by atoms with Gasteiger partial charge in [0.15, 0.2) is 5.13 Å². The van der Waals surface area contributed by atoms with E-state index in [-0.39, 0.29) is 16.0 Å². The smallest absolute Gasteiger partial charge is 0.252 e. The van der Waals surface area contributed by atoms with Gasteiger partial charge in [0.05, 0.1) is 21.2 Å². The first kappa shape index (κ1) is 27.3. The topological polar surface area (TPSA) is 83.1 Å². The SMILES string of the molecule is CCOc1ccc2nc(N(CCCN(C)C)C(=O)C3CCN(S(=O)(=O)c4ccc(Cl)s4)CC3)sc2c1. The number of aromatic nitrogens is 1. The Hall–Kier alpha value is -1.76. The highest BCUT2D eigenvalue weighted by atomic mass is 35.5. The molecule has 1 saturated heterocycles. The largest absolute Gasteiger partial charge is 0.494 e. The average molecular weight is 571 g/mol. The van der Waals surface area contributed by atoms with Crippen LogP contribution in [0.4, 0.5) is 5.13 Å². The fourth-order valence-corrected chi connectivity index (χ4v) is 8.37. The molecule has 4 rings (SSSR count). The standard InChI is InChI=1S/C24H31ClN4O4S3/c1-4-33-18-6-7-19-20(16-18)34-24(26-19)29(13-5-12-27(2)3)23(30)17-10-14-28(15-11-17)36(31,32)22-9-8-21(25)35-22/h6-9,16-17H,4-5,10-15H2,1-3H3. The second-order valence-corrected chi connectivity index (χ2v) is 13.8. The van der Waals surface area contributed by atoms with Crippen LogP contribution in [0.5, 0.6) is 5.75 Å². The number of fused-ring (bicyclic) bond motifs is 1. The number of carbonyl (C=O) groups is 1. The number of piperidine rings is 1. The minimum atomic E-state index is -3.60. The number of thiophene rings is 1. The predicted molar refractivity (Wildman–Crippen MR) is 147 cm³/mol. The van der Waals surface area contributed by atoms with Gasteiger partial charge in [-0.25, -0.2) is 13.4 Å². The second kappa shape index (κ2) is 11.7. The molecule has 1 amide bonds. The van der Waals surface area contributed by atoms with Gasteiger partial charge in [-0.2, -0.15) is 4.31 Å². The molecule has 1 aromatic carbocycles. The molecule has 12 heteroatoms. The van der Waals surface area contributed by atoms with Gasteiger partial charge in [0, 0.05) is 25.6 Å². The van der Waals surface area contributed by atoms with Crippen LogP contribution in [0.2, 0.25) is 4.34 Å². The molecule has 0 unspecified atom stereocenters. The van der Waals surface area contributed by atoms with Crippen LogP contribution < -0.4 is 9.64 Å². The number of halogens is 1. The first-order valence-corrected chi connectivity index (χ1v) is 15.4. The molecule has 0 saturated carbocycles. The molecule has 8 nitrogen and oxygen atoms in total. The van der Waals surface area contributed by atoms with Crippen molar-refractivity contribution in [3.05, 3.63) is 34.7 Å². The lowest BCUT2D eigenvalue weighted by atomic mass is 9.96. The predicted octanol–water partition coefficient (Wildman–Crippen LogP) is 4.80. The van der Waals surface area contributed by atoms with Crippen molar-refractivity contribution in [3.63, 3.8) is 0 Å². The van der Waals surface area contributed by atoms with E-state index in [2.05, 4.69) is 4.90 Å². The lowest BCUT2D eigenvalue weighted by molar-refractivity contribution is -0.123. The van der Waals surface area contributed by atoms with Crippen molar-refractivity contribution in [2.45, 2.75) is 30.4 Å². The number of hydrogen-bond donors (Lipinski definition) is 0. The maximum atomic E-state index is 13.7. The van der Waals surface area contributed by atoms with E-state index in [0.29, 0.717) is 48.6 Å². The molecule has 0 atom stereocenters. The lowest BCUT2D eigenvalue weighted by Crippen LogP contribution is -2.45. The average Bonchev–Trinajstić information content (AvgIpc) is 3.48. The van der Waals surface area contributed by atoms with E-state index < -0.39 is 10.0 Å². The van der Waals surface area contributed by atoms with Crippen LogP contribution in [0, 0.1) is 5.92 Å². The van der Waals surface area contributed by atoms with E-state index in [9.17, 15) is 13.2 Å². The molecule has 0 radical (unpaired) electrons. The molecule has 1 aliphatic rings. The Bertz CT molecular complexity index is 1300. The van der Waals surface area contributed by atoms with Crippen LogP contribution in [-0.2, 0) is 14.8 Å². The van der Waals surface area contributed by atoms with Crippen molar-refractivity contribution in [1.29, 1.82) is 0 Å². The molecule has 196 valence electrons. The molecular weight excluding hydrogens is 540 g/mol. The Balaban J connectivity index is 1.50. The van der Waals surface area contributed by atoms with E-state index in [0.717, 1.165) is 40.3 Å². The number of sulfonamides is 1. The van der Waals surface area contributed by atoms with Gasteiger partial charge in [0.2, 0.25) is 5.91 Å². The van der Waals surface area contributed by atoms with Crippen LogP contribution in [0.15, 0.2) is 34.5 Å². The van der Waals surface area contributed by atoms with Crippen molar-refractivity contribution in [2.24, 2.45) is 5.92 Å². The van der Waals surface area contributed by atoms with Gasteiger partial charge in [-0.3, -0.25) is 9.69 Å². The molecule has 36 heavy (non-hydrogen) atoms. The van der Waals surface area contributed by atoms with Crippen LogP contribution in [0.1, 0.15) is 26.2 Å². The molecule has 0 aliphatic carbocycles. The number of rotatable bonds is 10. The van der Waals surface area contributed by atoms with Gasteiger partial charge in [-0.15, -0.1) is 11.3 Å². The van der Waals surface area contributed by atoms with Crippen LogP contribution in [-0.4, -0.2) is 75.4 Å². The summed E-state index contributed by atoms with van der Waals surface area (Å²) in [6, 6.07) is 8.91. The maximum Gasteiger partial charge on any atom is 0.252 e. The van der Waals surface area contributed by atoms with Gasteiger partial charge in [-0.05, 0) is 77.2 Å². The van der Waals surface area contributed by atoms with Crippen LogP contribution in [0.25, 0.3) is 10.2 Å². The van der Waals surface area contributed by atoms with E-state index in [1.54, 1.807) is 11.0 Å². The summed E-state index contributed by atoms with van der Waals surface area (Å²) in [6.07, 6.45) is 1.76. The summed E-state index contributed by atoms with van der Waals surface area (Å²) in [4.78, 5) is 22.4. The lowest BCUT2D eigenvalue weighted by Gasteiger charge is -2.32. The summed E-state index contributed by atoms with van der Waals surface area (Å²) in [5.74, 6) is 0.536. The fourth-order valence-electron chi connectivity index (χ4n) is 4.24. The zero-order chi connectivity index (χ0) is 25.9. The number of nitrogens with zero attached hydrogens (tertiary/aromatic N) is 4. The van der Waals surface area contributed by atoms with Crippen molar-refractivity contribution < 1.29 is 17.9 Å². The molecule has 3 aromatic rings. The van der Waals surface area contributed by atoms with Crippen molar-refractivity contribution in [2.75, 3.05) is 51.8 Å². The summed E-state index contributed by atoms with van der Waals surface area (Å²) in [6.45, 7) is 4.54. The number of thiazole rings is 1. The highest BCUT2D eigenvalue weighted by Gasteiger charge is 2.35. The van der Waals surface area contributed by atoms with E-state index >= 15 is 0 Å². The molecule has 1 aliphatic heterocycles. The van der Waals surface area contributed by atoms with Crippen LogP contribution >= 0.6 is 34.3 Å². The summed E-state index contributed by atoms with van der Waals surface area (Å²) < 4.78 is 34.7. The zero-order valence-electron chi connectivity index (χ0n) is 20.6. The third-order valence-electron chi connectivity index (χ3n) is 6.09. The van der Waals surface area contributed by atoms with E-state index in [1.165, 1.54) is 21.7 Å². The van der Waals surface area contributed by atoms with Gasteiger partial charge in [0.1, 0.15) is 9.96 Å². The Labute approximate surface area is 225 Å². The number of hydrogen-bond acceptors (Lipinski definition) is 8. The first-order chi connectivity index (χ1) is 17.2. The normalized spacial score (nSPS) is 15.6. The number of amides is 1. The number of carbonyl (C=O) groups excluding carboxylic acids is 1. The minimum Gasteiger partial charge on any atom is -0.494 e. The summed E-state index contributed by atoms with van der Waals surface area (Å²) in [5.41, 5.74) is 0.833. The Kier molecular flexibility index (Phi) is 8.90. The highest BCUT2D eigenvalue weighted by Crippen LogP contribution is 2.35. The third-order valence-corrected chi connectivity index (χ3v) is 10.7. The summed E-state index contributed by atoms with van der Waals surface area (Å²) in [5, 5.41) is 0.672. The quantitative estimate of drug-likeness (QED) is 0.348. The number of ether oxygens (including phenoxy) is 1. The number of benzene rings is 1. The molecular formula is C24H31ClN4O4S3. The maximum absolute atomic E-state index is 13.7. The van der Waals surface area contributed by atoms with Crippen LogP contribution in [0.3, 0.4) is 0 Å². The monoisotopic (exact) mass is 570 g/mol. The molecule has 3 heterocycles. The molecule has 0 spiro atoms. The van der Waals surface area contributed by atoms with E-state index in [4.69, 9.17) is 21.3 Å². The fraction of sp³-hybridized carbons (Fsp3) is 0.500. The van der Waals surface area contributed by atoms with Gasteiger partial charge in [0.25, 0.3) is 10.0 Å². The molecule has 2 aromatic heterocycles. The first-order valence-electron chi connectivity index (χ1n) is 11.9. The Morgan fingerprint density at radius 3 is 2.56 bits per heavy atom. The second-order valence-electron chi connectivity index (χ2n) is 8.94. The molecule has 1 fully saturated rings. The zero-order valence-corrected chi connectivity index (χ0v) is 23.9. The summed E-state index contributed by atoms with van der Waals surface area (Å²) in [7, 11) is 0.422. The van der Waals surface area contributed by atoms with E-state index in [1.807, 2.05) is 39.2 Å².